The third kappa shape index (κ3) is 5.58. The fourth-order valence-corrected chi connectivity index (χ4v) is 2.82. The minimum atomic E-state index is -0.859. The number of hydrogen-bond acceptors (Lipinski definition) is 5. The van der Waals surface area contributed by atoms with Gasteiger partial charge in [0.15, 0.2) is 6.10 Å². The summed E-state index contributed by atoms with van der Waals surface area (Å²) in [6.07, 6.45) is 0.0370. The molecule has 1 aromatic rings. The molecule has 1 amide bonds. The van der Waals surface area contributed by atoms with Crippen LogP contribution in [0.3, 0.4) is 0 Å². The molecule has 6 heteroatoms. The molecule has 0 N–H and O–H groups in total. The molecule has 1 aliphatic rings. The molecule has 0 spiro atoms. The Bertz CT molecular complexity index is 650. The van der Waals surface area contributed by atoms with Gasteiger partial charge in [-0.1, -0.05) is 30.3 Å². The summed E-state index contributed by atoms with van der Waals surface area (Å²) in [6.45, 7) is 7.78. The summed E-state index contributed by atoms with van der Waals surface area (Å²) in [4.78, 5) is 38.5. The predicted molar refractivity (Wildman–Crippen MR) is 96.9 cm³/mol. The van der Waals surface area contributed by atoms with Crippen molar-refractivity contribution >= 4 is 17.8 Å². The molecule has 1 aromatic carbocycles. The second-order valence-electron chi connectivity index (χ2n) is 7.57. The van der Waals surface area contributed by atoms with E-state index in [1.54, 1.807) is 52.0 Å². The van der Waals surface area contributed by atoms with Gasteiger partial charge in [-0.2, -0.15) is 0 Å². The van der Waals surface area contributed by atoms with Crippen molar-refractivity contribution in [1.82, 2.24) is 4.90 Å². The normalized spacial score (nSPS) is 18.8. The number of carbonyl (C=O) groups excluding carboxylic acids is 3. The fraction of sp³-hybridized carbons (Fsp3) is 0.550. The lowest BCUT2D eigenvalue weighted by molar-refractivity contribution is -0.152. The van der Waals surface area contributed by atoms with Gasteiger partial charge < -0.3 is 14.4 Å². The Morgan fingerprint density at radius 1 is 1.15 bits per heavy atom. The highest BCUT2D eigenvalue weighted by Gasteiger charge is 2.33. The van der Waals surface area contributed by atoms with Crippen molar-refractivity contribution in [2.75, 3.05) is 13.1 Å². The van der Waals surface area contributed by atoms with Gasteiger partial charge in [-0.05, 0) is 40.5 Å². The summed E-state index contributed by atoms with van der Waals surface area (Å²) in [5, 5.41) is 0. The van der Waals surface area contributed by atoms with Crippen molar-refractivity contribution in [2.24, 2.45) is 5.92 Å². The Morgan fingerprint density at radius 2 is 1.81 bits per heavy atom. The van der Waals surface area contributed by atoms with Crippen LogP contribution in [-0.4, -0.2) is 47.5 Å². The van der Waals surface area contributed by atoms with E-state index in [0.29, 0.717) is 24.9 Å². The zero-order chi connectivity index (χ0) is 19.3. The molecule has 0 aliphatic carbocycles. The van der Waals surface area contributed by atoms with Crippen LogP contribution in [0, 0.1) is 5.92 Å². The average Bonchev–Trinajstić information content (AvgIpc) is 2.60. The fourth-order valence-electron chi connectivity index (χ4n) is 2.82. The summed E-state index contributed by atoms with van der Waals surface area (Å²) in [6, 6.07) is 8.74. The van der Waals surface area contributed by atoms with Gasteiger partial charge in [0.1, 0.15) is 5.60 Å². The minimum absolute atomic E-state index is 0.237. The Hall–Kier alpha value is -2.37. The molecule has 6 nitrogen and oxygen atoms in total. The average molecular weight is 361 g/mol. The van der Waals surface area contributed by atoms with E-state index in [0.717, 1.165) is 0 Å². The van der Waals surface area contributed by atoms with E-state index in [1.165, 1.54) is 4.90 Å². The first kappa shape index (κ1) is 19.9. The van der Waals surface area contributed by atoms with E-state index in [-0.39, 0.29) is 12.3 Å². The van der Waals surface area contributed by atoms with Crippen molar-refractivity contribution in [3.8, 4) is 0 Å². The Kier molecular flexibility index (Phi) is 6.40. The summed E-state index contributed by atoms with van der Waals surface area (Å²) in [5.41, 5.74) is -0.0759. The number of piperidine rings is 1. The smallest absolute Gasteiger partial charge is 0.410 e. The zero-order valence-corrected chi connectivity index (χ0v) is 15.9. The second kappa shape index (κ2) is 8.34. The minimum Gasteiger partial charge on any atom is -0.454 e. The number of Topliss-reactive ketones (excluding diaryl/α,β-unsaturated/α-hetero) is 1. The molecule has 0 radical (unpaired) electrons. The molecule has 0 aromatic heterocycles. The van der Waals surface area contributed by atoms with Gasteiger partial charge >= 0.3 is 12.1 Å². The molecule has 1 heterocycles. The zero-order valence-electron chi connectivity index (χ0n) is 15.9. The number of amides is 1. The first-order chi connectivity index (χ1) is 12.2. The lowest BCUT2D eigenvalue weighted by Crippen LogP contribution is -2.45. The topological polar surface area (TPSA) is 72.9 Å². The van der Waals surface area contributed by atoms with Gasteiger partial charge in [-0.15, -0.1) is 0 Å². The summed E-state index contributed by atoms with van der Waals surface area (Å²) < 4.78 is 10.7. The highest BCUT2D eigenvalue weighted by atomic mass is 16.6. The van der Waals surface area contributed by atoms with Crippen molar-refractivity contribution in [2.45, 2.75) is 52.2 Å². The molecule has 0 saturated carbocycles. The van der Waals surface area contributed by atoms with E-state index in [2.05, 4.69) is 0 Å². The number of ether oxygens (including phenoxy) is 2. The van der Waals surface area contributed by atoms with E-state index in [1.807, 2.05) is 6.07 Å². The number of hydrogen-bond donors (Lipinski definition) is 0. The third-order valence-electron chi connectivity index (χ3n) is 4.13. The van der Waals surface area contributed by atoms with Crippen LogP contribution in [0.1, 0.15) is 50.9 Å². The van der Waals surface area contributed by atoms with Crippen LogP contribution in [0.5, 0.6) is 0 Å². The maximum Gasteiger partial charge on any atom is 0.410 e. The highest BCUT2D eigenvalue weighted by molar-refractivity contribution is 6.00. The molecule has 1 saturated heterocycles. The lowest BCUT2D eigenvalue weighted by atomic mass is 9.98. The first-order valence-electron chi connectivity index (χ1n) is 8.95. The monoisotopic (exact) mass is 361 g/mol. The molecule has 0 bridgehead atoms. The summed E-state index contributed by atoms with van der Waals surface area (Å²) >= 11 is 0. The molecule has 1 aliphatic heterocycles. The van der Waals surface area contributed by atoms with Gasteiger partial charge in [0.25, 0.3) is 0 Å². The van der Waals surface area contributed by atoms with E-state index in [9.17, 15) is 14.4 Å². The van der Waals surface area contributed by atoms with Crippen molar-refractivity contribution in [3.63, 3.8) is 0 Å². The van der Waals surface area contributed by atoms with Gasteiger partial charge in [0, 0.05) is 18.7 Å². The van der Waals surface area contributed by atoms with Crippen molar-refractivity contribution in [1.29, 1.82) is 0 Å². The summed E-state index contributed by atoms with van der Waals surface area (Å²) in [5.74, 6) is -1.13. The highest BCUT2D eigenvalue weighted by Crippen LogP contribution is 2.21. The van der Waals surface area contributed by atoms with Crippen molar-refractivity contribution in [3.05, 3.63) is 35.9 Å². The van der Waals surface area contributed by atoms with Crippen LogP contribution in [0.25, 0.3) is 0 Å². The van der Waals surface area contributed by atoms with Crippen LogP contribution < -0.4 is 0 Å². The van der Waals surface area contributed by atoms with Crippen LogP contribution >= 0.6 is 0 Å². The number of benzene rings is 1. The molecule has 2 rings (SSSR count). The number of ketones is 1. The third-order valence-corrected chi connectivity index (χ3v) is 4.13. The molecule has 1 fully saturated rings. The van der Waals surface area contributed by atoms with Crippen LogP contribution in [0.4, 0.5) is 4.79 Å². The SMILES string of the molecule is CC(OC(=O)C1CCCN(C(=O)OC(C)(C)C)C1)C(=O)c1ccccc1. The Labute approximate surface area is 154 Å². The molecule has 2 unspecified atom stereocenters. The van der Waals surface area contributed by atoms with Gasteiger partial charge in [0.05, 0.1) is 5.92 Å². The quantitative estimate of drug-likeness (QED) is 0.607. The molecule has 26 heavy (non-hydrogen) atoms. The van der Waals surface area contributed by atoms with Crippen LogP contribution in [-0.2, 0) is 14.3 Å². The maximum absolute atomic E-state index is 12.4. The van der Waals surface area contributed by atoms with Gasteiger partial charge in [-0.25, -0.2) is 4.79 Å². The lowest BCUT2D eigenvalue weighted by Gasteiger charge is -2.33. The predicted octanol–water partition coefficient (Wildman–Crippen LogP) is 3.45. The van der Waals surface area contributed by atoms with Gasteiger partial charge in [-0.3, -0.25) is 9.59 Å². The van der Waals surface area contributed by atoms with E-state index >= 15 is 0 Å². The molecular weight excluding hydrogens is 334 g/mol. The standard InChI is InChI=1S/C20H27NO5/c1-14(17(22)15-9-6-5-7-10-15)25-18(23)16-11-8-12-21(13-16)19(24)26-20(2,3)4/h5-7,9-10,14,16H,8,11-13H2,1-4H3. The second-order valence-corrected chi connectivity index (χ2v) is 7.57. The van der Waals surface area contributed by atoms with E-state index in [4.69, 9.17) is 9.47 Å². The molecule has 2 atom stereocenters. The Morgan fingerprint density at radius 3 is 2.42 bits per heavy atom. The van der Waals surface area contributed by atoms with Crippen LogP contribution in [0.15, 0.2) is 30.3 Å². The number of esters is 1. The Balaban J connectivity index is 1.92. The first-order valence-corrected chi connectivity index (χ1v) is 8.95. The largest absolute Gasteiger partial charge is 0.454 e. The van der Waals surface area contributed by atoms with E-state index < -0.39 is 29.7 Å². The number of likely N-dealkylation sites (tertiary alicyclic amines) is 1. The number of rotatable bonds is 4. The summed E-state index contributed by atoms with van der Waals surface area (Å²) in [7, 11) is 0. The van der Waals surface area contributed by atoms with Gasteiger partial charge in [0.2, 0.25) is 5.78 Å². The molecule has 142 valence electrons. The number of nitrogens with zero attached hydrogens (tertiary/aromatic N) is 1. The van der Waals surface area contributed by atoms with Crippen LogP contribution in [0.2, 0.25) is 0 Å². The number of carbonyl (C=O) groups is 3. The maximum atomic E-state index is 12.4. The van der Waals surface area contributed by atoms with Crippen molar-refractivity contribution < 1.29 is 23.9 Å². The molecular formula is C20H27NO5.